The summed E-state index contributed by atoms with van der Waals surface area (Å²) in [7, 11) is 0. The minimum atomic E-state index is -0.361. The Morgan fingerprint density at radius 3 is 3.00 bits per heavy atom. The number of carbonyl (C=O) groups is 1. The molecular weight excluding hydrogens is 256 g/mol. The lowest BCUT2D eigenvalue weighted by Gasteiger charge is -2.05. The van der Waals surface area contributed by atoms with Crippen LogP contribution in [0, 0.1) is 6.92 Å². The first kappa shape index (κ1) is 12.4. The van der Waals surface area contributed by atoms with E-state index in [2.05, 4.69) is 15.5 Å². The summed E-state index contributed by atoms with van der Waals surface area (Å²) in [4.78, 5) is 15.7. The van der Waals surface area contributed by atoms with Crippen molar-refractivity contribution in [3.8, 4) is 0 Å². The second kappa shape index (κ2) is 5.05. The SMILES string of the molecule is Cc1cc(CNC(=O)c2cc(N)cnc2Cl)no1. The fourth-order valence-electron chi connectivity index (χ4n) is 1.39. The summed E-state index contributed by atoms with van der Waals surface area (Å²) in [6.07, 6.45) is 1.39. The van der Waals surface area contributed by atoms with Crippen LogP contribution in [0.1, 0.15) is 21.8 Å². The van der Waals surface area contributed by atoms with Gasteiger partial charge in [0.15, 0.2) is 0 Å². The third-order valence-electron chi connectivity index (χ3n) is 2.21. The van der Waals surface area contributed by atoms with Gasteiger partial charge in [0, 0.05) is 6.07 Å². The van der Waals surface area contributed by atoms with Crippen LogP contribution in [0.3, 0.4) is 0 Å². The molecule has 0 saturated heterocycles. The molecule has 0 unspecified atom stereocenters. The highest BCUT2D eigenvalue weighted by atomic mass is 35.5. The molecular formula is C11H11ClN4O2. The molecule has 2 rings (SSSR count). The van der Waals surface area contributed by atoms with Crippen molar-refractivity contribution < 1.29 is 9.32 Å². The third kappa shape index (κ3) is 2.78. The van der Waals surface area contributed by atoms with Crippen LogP contribution in [0.5, 0.6) is 0 Å². The fraction of sp³-hybridized carbons (Fsp3) is 0.182. The summed E-state index contributed by atoms with van der Waals surface area (Å²) < 4.78 is 4.89. The van der Waals surface area contributed by atoms with Crippen molar-refractivity contribution in [1.29, 1.82) is 0 Å². The van der Waals surface area contributed by atoms with E-state index in [0.717, 1.165) is 0 Å². The van der Waals surface area contributed by atoms with Crippen LogP contribution in [0.25, 0.3) is 0 Å². The topological polar surface area (TPSA) is 94.0 Å². The zero-order valence-electron chi connectivity index (χ0n) is 9.61. The minimum absolute atomic E-state index is 0.109. The average Bonchev–Trinajstić information content (AvgIpc) is 2.75. The number of hydrogen-bond acceptors (Lipinski definition) is 5. The molecule has 0 spiro atoms. The van der Waals surface area contributed by atoms with E-state index in [1.165, 1.54) is 12.3 Å². The highest BCUT2D eigenvalue weighted by Crippen LogP contribution is 2.15. The Balaban J connectivity index is 2.05. The zero-order valence-corrected chi connectivity index (χ0v) is 10.4. The van der Waals surface area contributed by atoms with Crippen molar-refractivity contribution >= 4 is 23.2 Å². The summed E-state index contributed by atoms with van der Waals surface area (Å²) in [5, 5.41) is 6.52. The van der Waals surface area contributed by atoms with Crippen molar-refractivity contribution in [2.45, 2.75) is 13.5 Å². The first-order valence-electron chi connectivity index (χ1n) is 5.17. The number of amides is 1. The minimum Gasteiger partial charge on any atom is -0.397 e. The second-order valence-corrected chi connectivity index (χ2v) is 4.08. The van der Waals surface area contributed by atoms with Crippen LogP contribution in [-0.4, -0.2) is 16.0 Å². The number of aromatic nitrogens is 2. The van der Waals surface area contributed by atoms with Crippen LogP contribution in [0.4, 0.5) is 5.69 Å². The first-order valence-corrected chi connectivity index (χ1v) is 5.55. The van der Waals surface area contributed by atoms with E-state index < -0.39 is 0 Å². The van der Waals surface area contributed by atoms with Gasteiger partial charge in [-0.05, 0) is 13.0 Å². The molecule has 0 aliphatic heterocycles. The number of carbonyl (C=O) groups excluding carboxylic acids is 1. The predicted octanol–water partition coefficient (Wildman–Crippen LogP) is 1.54. The van der Waals surface area contributed by atoms with Crippen molar-refractivity contribution in [3.63, 3.8) is 0 Å². The quantitative estimate of drug-likeness (QED) is 0.822. The Labute approximate surface area is 108 Å². The number of hydrogen-bond donors (Lipinski definition) is 2. The van der Waals surface area contributed by atoms with Crippen LogP contribution >= 0.6 is 11.6 Å². The summed E-state index contributed by atoms with van der Waals surface area (Å²) in [6.45, 7) is 2.03. The van der Waals surface area contributed by atoms with Gasteiger partial charge < -0.3 is 15.6 Å². The Morgan fingerprint density at radius 2 is 2.33 bits per heavy atom. The van der Waals surface area contributed by atoms with E-state index in [4.69, 9.17) is 21.9 Å². The van der Waals surface area contributed by atoms with E-state index >= 15 is 0 Å². The number of aryl methyl sites for hydroxylation is 1. The molecule has 0 bridgehead atoms. The first-order chi connectivity index (χ1) is 8.56. The molecule has 0 aliphatic rings. The molecule has 3 N–H and O–H groups in total. The highest BCUT2D eigenvalue weighted by Gasteiger charge is 2.12. The molecule has 0 atom stereocenters. The van der Waals surface area contributed by atoms with Gasteiger partial charge in [-0.1, -0.05) is 16.8 Å². The molecule has 0 radical (unpaired) electrons. The molecule has 18 heavy (non-hydrogen) atoms. The maximum absolute atomic E-state index is 11.8. The van der Waals surface area contributed by atoms with Gasteiger partial charge in [0.2, 0.25) is 0 Å². The number of rotatable bonds is 3. The third-order valence-corrected chi connectivity index (χ3v) is 2.51. The van der Waals surface area contributed by atoms with Crippen molar-refractivity contribution in [2.75, 3.05) is 5.73 Å². The highest BCUT2D eigenvalue weighted by molar-refractivity contribution is 6.32. The number of nitrogens with two attached hydrogens (primary N) is 1. The second-order valence-electron chi connectivity index (χ2n) is 3.72. The lowest BCUT2D eigenvalue weighted by Crippen LogP contribution is -2.23. The number of pyridine rings is 1. The Kier molecular flexibility index (Phi) is 3.47. The number of nitrogens with zero attached hydrogens (tertiary/aromatic N) is 2. The van der Waals surface area contributed by atoms with Gasteiger partial charge in [-0.15, -0.1) is 0 Å². The lowest BCUT2D eigenvalue weighted by atomic mass is 10.2. The molecule has 0 aliphatic carbocycles. The summed E-state index contributed by atoms with van der Waals surface area (Å²) in [5.41, 5.74) is 6.79. The largest absolute Gasteiger partial charge is 0.397 e. The number of halogens is 1. The monoisotopic (exact) mass is 266 g/mol. The summed E-state index contributed by atoms with van der Waals surface area (Å²) in [6, 6.07) is 3.21. The van der Waals surface area contributed by atoms with E-state index in [-0.39, 0.29) is 23.2 Å². The van der Waals surface area contributed by atoms with Crippen LogP contribution in [0.2, 0.25) is 5.15 Å². The van der Waals surface area contributed by atoms with Crippen LogP contribution in [0.15, 0.2) is 22.9 Å². The zero-order chi connectivity index (χ0) is 13.1. The Morgan fingerprint density at radius 1 is 1.56 bits per heavy atom. The molecule has 7 heteroatoms. The number of nitrogen functional groups attached to an aromatic ring is 1. The number of nitrogens with one attached hydrogen (secondary N) is 1. The molecule has 0 aromatic carbocycles. The molecule has 94 valence electrons. The van der Waals surface area contributed by atoms with Gasteiger partial charge in [-0.2, -0.15) is 0 Å². The molecule has 2 aromatic rings. The van der Waals surface area contributed by atoms with E-state index in [1.807, 2.05) is 0 Å². The predicted molar refractivity (Wildman–Crippen MR) is 66.1 cm³/mol. The molecule has 0 saturated carbocycles. The molecule has 0 fully saturated rings. The maximum atomic E-state index is 11.8. The molecule has 2 heterocycles. The lowest BCUT2D eigenvalue weighted by molar-refractivity contribution is 0.0950. The van der Waals surface area contributed by atoms with Crippen molar-refractivity contribution in [1.82, 2.24) is 15.5 Å². The van der Waals surface area contributed by atoms with Crippen LogP contribution in [-0.2, 0) is 6.54 Å². The smallest absolute Gasteiger partial charge is 0.254 e. The number of anilines is 1. The molecule has 2 aromatic heterocycles. The summed E-state index contributed by atoms with van der Waals surface area (Å²) in [5.74, 6) is 0.323. The van der Waals surface area contributed by atoms with Gasteiger partial charge in [-0.25, -0.2) is 4.98 Å². The van der Waals surface area contributed by atoms with E-state index in [0.29, 0.717) is 17.1 Å². The van der Waals surface area contributed by atoms with Crippen molar-refractivity contribution in [2.24, 2.45) is 0 Å². The van der Waals surface area contributed by atoms with Crippen molar-refractivity contribution in [3.05, 3.63) is 40.5 Å². The van der Waals surface area contributed by atoms with E-state index in [1.54, 1.807) is 13.0 Å². The normalized spacial score (nSPS) is 10.3. The molecule has 1 amide bonds. The fourth-order valence-corrected chi connectivity index (χ4v) is 1.58. The Bertz CT molecular complexity index is 582. The standard InChI is InChI=1S/C11H11ClN4O2/c1-6-2-8(16-18-6)5-15-11(17)9-3-7(13)4-14-10(9)12/h2-4H,5,13H2,1H3,(H,15,17). The van der Waals surface area contributed by atoms with Gasteiger partial charge >= 0.3 is 0 Å². The van der Waals surface area contributed by atoms with Gasteiger partial charge in [0.1, 0.15) is 16.6 Å². The Hall–Kier alpha value is -2.08. The van der Waals surface area contributed by atoms with Crippen LogP contribution < -0.4 is 11.1 Å². The van der Waals surface area contributed by atoms with Gasteiger partial charge in [-0.3, -0.25) is 4.79 Å². The van der Waals surface area contributed by atoms with E-state index in [9.17, 15) is 4.79 Å². The van der Waals surface area contributed by atoms with Gasteiger partial charge in [0.05, 0.1) is 24.0 Å². The summed E-state index contributed by atoms with van der Waals surface area (Å²) >= 11 is 5.82. The molecule has 6 nitrogen and oxygen atoms in total. The maximum Gasteiger partial charge on any atom is 0.254 e. The van der Waals surface area contributed by atoms with Gasteiger partial charge in [0.25, 0.3) is 5.91 Å². The average molecular weight is 267 g/mol.